The van der Waals surface area contributed by atoms with E-state index in [1.165, 1.54) is 212 Å². The van der Waals surface area contributed by atoms with Gasteiger partial charge in [0.05, 0.1) is 26.4 Å². The van der Waals surface area contributed by atoms with Crippen LogP contribution < -0.4 is 0 Å². The Hall–Kier alpha value is -1.94. The molecule has 0 aliphatic rings. The molecule has 570 valence electrons. The van der Waals surface area contributed by atoms with Gasteiger partial charge in [-0.15, -0.1) is 0 Å². The van der Waals surface area contributed by atoms with E-state index in [-0.39, 0.29) is 25.7 Å². The highest BCUT2D eigenvalue weighted by Gasteiger charge is 2.30. The summed E-state index contributed by atoms with van der Waals surface area (Å²) in [4.78, 5) is 72.9. The third-order valence-corrected chi connectivity index (χ3v) is 20.2. The molecule has 0 heterocycles. The van der Waals surface area contributed by atoms with Crippen molar-refractivity contribution in [1.82, 2.24) is 0 Å². The molecule has 6 atom stereocenters. The van der Waals surface area contributed by atoms with Gasteiger partial charge in [0, 0.05) is 25.7 Å². The number of phosphoric acid groups is 2. The van der Waals surface area contributed by atoms with Crippen LogP contribution in [0.25, 0.3) is 0 Å². The summed E-state index contributed by atoms with van der Waals surface area (Å²) in [6.45, 7) is 9.58. The molecule has 17 nitrogen and oxygen atoms in total. The van der Waals surface area contributed by atoms with Crippen LogP contribution in [0.4, 0.5) is 0 Å². The molecule has 0 aromatic heterocycles. The largest absolute Gasteiger partial charge is 0.472 e. The third-order valence-electron chi connectivity index (χ3n) is 18.3. The topological polar surface area (TPSA) is 237 Å². The molecule has 0 rings (SSSR count). The van der Waals surface area contributed by atoms with Gasteiger partial charge in [-0.2, -0.15) is 0 Å². The number of hydrogen-bond donors (Lipinski definition) is 3. The molecule has 0 aliphatic carbocycles. The van der Waals surface area contributed by atoms with Crippen molar-refractivity contribution in [3.8, 4) is 0 Å². The lowest BCUT2D eigenvalue weighted by atomic mass is 9.99. The fourth-order valence-electron chi connectivity index (χ4n) is 11.8. The molecule has 0 fully saturated rings. The second-order valence-corrected chi connectivity index (χ2v) is 31.4. The monoisotopic (exact) mass is 1410 g/mol. The van der Waals surface area contributed by atoms with E-state index in [9.17, 15) is 43.2 Å². The first-order chi connectivity index (χ1) is 46.4. The fourth-order valence-corrected chi connectivity index (χ4v) is 13.4. The minimum absolute atomic E-state index is 0.106. The van der Waals surface area contributed by atoms with Gasteiger partial charge in [-0.25, -0.2) is 9.13 Å². The van der Waals surface area contributed by atoms with Crippen LogP contribution in [0.5, 0.6) is 0 Å². The van der Waals surface area contributed by atoms with Gasteiger partial charge >= 0.3 is 39.5 Å². The van der Waals surface area contributed by atoms with Gasteiger partial charge < -0.3 is 33.8 Å². The normalized spacial score (nSPS) is 14.3. The number of phosphoric ester groups is 2. The van der Waals surface area contributed by atoms with Gasteiger partial charge in [-0.05, 0) is 37.5 Å². The van der Waals surface area contributed by atoms with Crippen LogP contribution in [-0.2, 0) is 65.4 Å². The van der Waals surface area contributed by atoms with Crippen LogP contribution in [0, 0.1) is 11.8 Å². The molecular formula is C77H150O17P2. The smallest absolute Gasteiger partial charge is 0.462 e. The fraction of sp³-hybridized carbons (Fsp3) is 0.948. The number of carbonyl (C=O) groups is 4. The summed E-state index contributed by atoms with van der Waals surface area (Å²) >= 11 is 0. The van der Waals surface area contributed by atoms with Crippen molar-refractivity contribution in [2.75, 3.05) is 39.6 Å². The van der Waals surface area contributed by atoms with Crippen molar-refractivity contribution < 1.29 is 80.2 Å². The molecule has 3 unspecified atom stereocenters. The van der Waals surface area contributed by atoms with Crippen molar-refractivity contribution in [2.24, 2.45) is 11.8 Å². The Morgan fingerprint density at radius 1 is 0.302 bits per heavy atom. The van der Waals surface area contributed by atoms with E-state index >= 15 is 0 Å². The van der Waals surface area contributed by atoms with Crippen molar-refractivity contribution in [3.05, 3.63) is 0 Å². The highest BCUT2D eigenvalue weighted by atomic mass is 31.2. The molecule has 0 radical (unpaired) electrons. The number of carbonyl (C=O) groups excluding carboxylic acids is 4. The SMILES string of the molecule is CCCCCCCCCCCCCCCCCCCC(=O)O[C@H](COC(=O)CCCCCCCCCCCCCCCCC)COP(=O)(O)OC[C@@H](O)COP(=O)(O)OC[C@@H](COC(=O)CCCCCCCCCC(C)C)OC(=O)CCCCCCCCCCCCC(C)CC. The number of esters is 4. The van der Waals surface area contributed by atoms with E-state index in [2.05, 4.69) is 41.5 Å². The maximum atomic E-state index is 13.1. The number of aliphatic hydroxyl groups is 1. The summed E-state index contributed by atoms with van der Waals surface area (Å²) in [7, 11) is -9.91. The standard InChI is InChI=1S/C77H150O17P2/c1-7-10-12-14-16-18-20-22-24-25-27-29-31-36-42-49-55-61-76(81)93-72(65-87-74(79)59-53-47-41-35-30-28-26-23-21-19-17-15-13-11-8-2)67-91-95(83,84)89-63-71(78)64-90-96(85,86)92-68-73(66-88-75(80)60-54-48-44-38-39-45-51-57-69(4)5)94-77(82)62-56-50-43-37-33-32-34-40-46-52-58-70(6)9-3/h69-73,78H,7-68H2,1-6H3,(H,83,84)(H,85,86)/t70?,71-,72-,73-/m1/s1. The quantitative estimate of drug-likeness (QED) is 0.0222. The molecular weight excluding hydrogens is 1260 g/mol. The Balaban J connectivity index is 5.25. The van der Waals surface area contributed by atoms with Crippen molar-refractivity contribution in [1.29, 1.82) is 0 Å². The average Bonchev–Trinajstić information content (AvgIpc) is 1.51. The first-order valence-electron chi connectivity index (χ1n) is 40.0. The molecule has 0 bridgehead atoms. The molecule has 3 N–H and O–H groups in total. The predicted octanol–water partition coefficient (Wildman–Crippen LogP) is 22.7. The van der Waals surface area contributed by atoms with Crippen LogP contribution in [0.15, 0.2) is 0 Å². The average molecular weight is 1410 g/mol. The van der Waals surface area contributed by atoms with E-state index < -0.39 is 97.5 Å². The zero-order chi connectivity index (χ0) is 70.7. The highest BCUT2D eigenvalue weighted by Crippen LogP contribution is 2.45. The number of aliphatic hydroxyl groups excluding tert-OH is 1. The lowest BCUT2D eigenvalue weighted by molar-refractivity contribution is -0.161. The first-order valence-corrected chi connectivity index (χ1v) is 43.0. The van der Waals surface area contributed by atoms with Gasteiger partial charge in [-0.1, -0.05) is 350 Å². The molecule has 19 heteroatoms. The van der Waals surface area contributed by atoms with Crippen LogP contribution in [-0.4, -0.2) is 96.7 Å². The zero-order valence-corrected chi connectivity index (χ0v) is 64.5. The Morgan fingerprint density at radius 2 is 0.531 bits per heavy atom. The summed E-state index contributed by atoms with van der Waals surface area (Å²) in [5, 5.41) is 10.6. The minimum Gasteiger partial charge on any atom is -0.462 e. The minimum atomic E-state index is -4.96. The van der Waals surface area contributed by atoms with Gasteiger partial charge in [0.15, 0.2) is 12.2 Å². The number of ether oxygens (including phenoxy) is 4. The van der Waals surface area contributed by atoms with Gasteiger partial charge in [0.1, 0.15) is 19.3 Å². The maximum Gasteiger partial charge on any atom is 0.472 e. The van der Waals surface area contributed by atoms with E-state index in [0.717, 1.165) is 102 Å². The molecule has 96 heavy (non-hydrogen) atoms. The Morgan fingerprint density at radius 3 is 0.792 bits per heavy atom. The van der Waals surface area contributed by atoms with E-state index in [4.69, 9.17) is 37.0 Å². The van der Waals surface area contributed by atoms with Crippen LogP contribution in [0.3, 0.4) is 0 Å². The molecule has 0 spiro atoms. The Labute approximate surface area is 588 Å². The van der Waals surface area contributed by atoms with Crippen LogP contribution in [0.1, 0.15) is 401 Å². The summed E-state index contributed by atoms with van der Waals surface area (Å²) in [5.74, 6) is -0.606. The Bertz CT molecular complexity index is 1860. The van der Waals surface area contributed by atoms with Gasteiger partial charge in [0.25, 0.3) is 0 Å². The van der Waals surface area contributed by atoms with Crippen LogP contribution in [0.2, 0.25) is 0 Å². The second kappa shape index (κ2) is 68.8. The van der Waals surface area contributed by atoms with Crippen LogP contribution >= 0.6 is 15.6 Å². The molecule has 0 aromatic rings. The van der Waals surface area contributed by atoms with E-state index in [1.54, 1.807) is 0 Å². The van der Waals surface area contributed by atoms with E-state index in [0.29, 0.717) is 31.6 Å². The second-order valence-electron chi connectivity index (χ2n) is 28.5. The Kier molecular flexibility index (Phi) is 67.4. The highest BCUT2D eigenvalue weighted by molar-refractivity contribution is 7.47. The summed E-state index contributed by atoms with van der Waals surface area (Å²) in [6.07, 6.45) is 56.8. The summed E-state index contributed by atoms with van der Waals surface area (Å²) in [5.41, 5.74) is 0. The lowest BCUT2D eigenvalue weighted by Crippen LogP contribution is -2.30. The molecule has 0 aliphatic heterocycles. The lowest BCUT2D eigenvalue weighted by Gasteiger charge is -2.21. The number of unbranched alkanes of at least 4 members (excludes halogenated alkanes) is 45. The summed E-state index contributed by atoms with van der Waals surface area (Å²) in [6, 6.07) is 0. The molecule has 0 amide bonds. The molecule has 0 aromatic carbocycles. The number of hydrogen-bond acceptors (Lipinski definition) is 15. The molecule has 0 saturated heterocycles. The van der Waals surface area contributed by atoms with Crippen molar-refractivity contribution in [2.45, 2.75) is 419 Å². The predicted molar refractivity (Wildman–Crippen MR) is 391 cm³/mol. The van der Waals surface area contributed by atoms with Gasteiger partial charge in [-0.3, -0.25) is 37.3 Å². The van der Waals surface area contributed by atoms with E-state index in [1.807, 2.05) is 0 Å². The number of rotatable bonds is 76. The van der Waals surface area contributed by atoms with Crippen molar-refractivity contribution >= 4 is 39.5 Å². The molecule has 0 saturated carbocycles. The third kappa shape index (κ3) is 69.2. The van der Waals surface area contributed by atoms with Gasteiger partial charge in [0.2, 0.25) is 0 Å². The first kappa shape index (κ1) is 94.1. The maximum absolute atomic E-state index is 13.1. The zero-order valence-electron chi connectivity index (χ0n) is 62.7. The van der Waals surface area contributed by atoms with Crippen molar-refractivity contribution in [3.63, 3.8) is 0 Å². The summed E-state index contributed by atoms with van der Waals surface area (Å²) < 4.78 is 68.6.